The molecule has 0 amide bonds. The molecule has 0 saturated carbocycles. The van der Waals surface area contributed by atoms with Gasteiger partial charge in [-0.3, -0.25) is 10.3 Å². The molecule has 244 valence electrons. The highest BCUT2D eigenvalue weighted by molar-refractivity contribution is 5.70. The van der Waals surface area contributed by atoms with Gasteiger partial charge in [0.15, 0.2) is 0 Å². The molecule has 3 rings (SSSR count). The van der Waals surface area contributed by atoms with Crippen molar-refractivity contribution in [2.45, 2.75) is 79.9 Å². The summed E-state index contributed by atoms with van der Waals surface area (Å²) in [5, 5.41) is 11.6. The van der Waals surface area contributed by atoms with Crippen LogP contribution in [0.2, 0.25) is 0 Å². The Hall–Kier alpha value is -3.26. The monoisotopic (exact) mass is 605 g/mol. The third kappa shape index (κ3) is 12.0. The Morgan fingerprint density at radius 2 is 1.91 bits per heavy atom. The molecule has 0 bridgehead atoms. The van der Waals surface area contributed by atoms with E-state index in [0.717, 1.165) is 80.3 Å². The zero-order chi connectivity index (χ0) is 32.9. The van der Waals surface area contributed by atoms with Crippen molar-refractivity contribution < 1.29 is 9.47 Å². The van der Waals surface area contributed by atoms with Crippen LogP contribution in [0.15, 0.2) is 84.3 Å². The van der Waals surface area contributed by atoms with Crippen LogP contribution in [-0.2, 0) is 9.47 Å². The van der Waals surface area contributed by atoms with Crippen molar-refractivity contribution in [3.8, 4) is 0 Å². The number of anilines is 1. The molecule has 1 fully saturated rings. The minimum atomic E-state index is 0.0321. The topological polar surface area (TPSA) is 73.7 Å². The van der Waals surface area contributed by atoms with Gasteiger partial charge in [0.1, 0.15) is 5.82 Å². The van der Waals surface area contributed by atoms with Gasteiger partial charge in [0.25, 0.3) is 0 Å². The molecule has 1 aromatic heterocycles. The van der Waals surface area contributed by atoms with E-state index in [2.05, 4.69) is 71.4 Å². The van der Waals surface area contributed by atoms with E-state index in [-0.39, 0.29) is 12.1 Å². The quantitative estimate of drug-likeness (QED) is 0.126. The maximum absolute atomic E-state index is 8.15. The number of aromatic nitrogens is 1. The van der Waals surface area contributed by atoms with Crippen molar-refractivity contribution in [3.63, 3.8) is 0 Å². The zero-order valence-corrected chi connectivity index (χ0v) is 28.8. The van der Waals surface area contributed by atoms with Crippen molar-refractivity contribution in [2.24, 2.45) is 0 Å². The molecule has 3 heterocycles. The van der Waals surface area contributed by atoms with Crippen molar-refractivity contribution >= 4 is 17.7 Å². The second kappa shape index (κ2) is 22.3. The van der Waals surface area contributed by atoms with Crippen LogP contribution in [0, 0.1) is 5.41 Å². The van der Waals surface area contributed by atoms with E-state index in [0.29, 0.717) is 6.54 Å². The number of hydrogen-bond donors (Lipinski definition) is 2. The normalized spacial score (nSPS) is 17.4. The van der Waals surface area contributed by atoms with E-state index in [4.69, 9.17) is 14.9 Å². The molecule has 2 aliphatic heterocycles. The smallest absolute Gasteiger partial charge is 0.126 e. The number of nitrogens with zero attached hydrogens (tertiary/aromatic N) is 3. The molecule has 0 aromatic carbocycles. The molecule has 1 saturated heterocycles. The van der Waals surface area contributed by atoms with Gasteiger partial charge >= 0.3 is 0 Å². The average molecular weight is 606 g/mol. The Bertz CT molecular complexity index is 1140. The van der Waals surface area contributed by atoms with Crippen molar-refractivity contribution in [2.75, 3.05) is 51.8 Å². The molecule has 0 radical (unpaired) electrons. The van der Waals surface area contributed by atoms with E-state index in [9.17, 15) is 0 Å². The lowest BCUT2D eigenvalue weighted by atomic mass is 9.99. The lowest BCUT2D eigenvalue weighted by Crippen LogP contribution is -2.40. The Labute approximate surface area is 268 Å². The first-order valence-corrected chi connectivity index (χ1v) is 16.2. The van der Waals surface area contributed by atoms with Crippen LogP contribution in [0.4, 0.5) is 5.82 Å². The number of rotatable bonds is 14. The standard InChI is InChI=1S/C33H47N5O2.2C2H6/c1-7-10-29-22-37(16-12-27(29)9-3)23-31(39-6)21-36-33-20-28(11-15-35-33)26(5)19-32(25(4)8-2)38(24-34)30-13-17-40-18-14-30;2*1-2/h7-11,15,19-20,24,30-31,34H,2-3,12-14,16-18,21-23H2,1,4-6H3,(H,35,36);2*1-2H3/b10-7-,26-19+,32-25+,34-24?;;. The first-order valence-electron chi connectivity index (χ1n) is 16.2. The molecular weight excluding hydrogens is 546 g/mol. The summed E-state index contributed by atoms with van der Waals surface area (Å²) in [5.74, 6) is 0.814. The maximum atomic E-state index is 8.15. The van der Waals surface area contributed by atoms with Crippen LogP contribution < -0.4 is 5.32 Å². The first-order chi connectivity index (χ1) is 21.4. The predicted octanol–water partition coefficient (Wildman–Crippen LogP) is 8.28. The zero-order valence-electron chi connectivity index (χ0n) is 28.8. The van der Waals surface area contributed by atoms with E-state index in [1.54, 1.807) is 7.11 Å². The first kappa shape index (κ1) is 38.8. The second-order valence-corrected chi connectivity index (χ2v) is 10.4. The minimum absolute atomic E-state index is 0.0321. The lowest BCUT2D eigenvalue weighted by molar-refractivity contribution is 0.0633. The van der Waals surface area contributed by atoms with Crippen LogP contribution in [0.5, 0.6) is 0 Å². The molecular formula is C37H59N5O2. The number of ether oxygens (including phenoxy) is 2. The van der Waals surface area contributed by atoms with E-state index < -0.39 is 0 Å². The number of nitrogens with one attached hydrogen (secondary N) is 2. The molecule has 0 spiro atoms. The highest BCUT2D eigenvalue weighted by Gasteiger charge is 2.23. The second-order valence-electron chi connectivity index (χ2n) is 10.4. The fourth-order valence-corrected chi connectivity index (χ4v) is 5.23. The largest absolute Gasteiger partial charge is 0.381 e. The van der Waals surface area contributed by atoms with E-state index in [1.807, 2.05) is 59.0 Å². The van der Waals surface area contributed by atoms with Crippen molar-refractivity contribution in [1.82, 2.24) is 14.8 Å². The number of pyridine rings is 1. The molecule has 7 heteroatoms. The summed E-state index contributed by atoms with van der Waals surface area (Å²) in [5.41, 5.74) is 6.87. The summed E-state index contributed by atoms with van der Waals surface area (Å²) in [6.07, 6.45) is 16.4. The Kier molecular flexibility index (Phi) is 19.6. The summed E-state index contributed by atoms with van der Waals surface area (Å²) in [6.45, 7) is 27.0. The number of allylic oxidation sites excluding steroid dienone is 6. The molecule has 2 aliphatic rings. The lowest BCUT2D eigenvalue weighted by Gasteiger charge is -2.34. The van der Waals surface area contributed by atoms with Gasteiger partial charge in [0, 0.05) is 64.4 Å². The molecule has 1 aromatic rings. The van der Waals surface area contributed by atoms with Gasteiger partial charge in [-0.1, -0.05) is 65.2 Å². The fraction of sp³-hybridized carbons (Fsp3) is 0.514. The van der Waals surface area contributed by atoms with Gasteiger partial charge < -0.3 is 19.7 Å². The van der Waals surface area contributed by atoms with Crippen molar-refractivity contribution in [3.05, 3.63) is 89.8 Å². The summed E-state index contributed by atoms with van der Waals surface area (Å²) in [6, 6.07) is 4.34. The summed E-state index contributed by atoms with van der Waals surface area (Å²) >= 11 is 0. The highest BCUT2D eigenvalue weighted by atomic mass is 16.5. The fourth-order valence-electron chi connectivity index (χ4n) is 5.23. The molecule has 1 unspecified atom stereocenters. The Morgan fingerprint density at radius 3 is 2.50 bits per heavy atom. The van der Waals surface area contributed by atoms with E-state index >= 15 is 0 Å². The number of hydrogen-bond acceptors (Lipinski definition) is 6. The van der Waals surface area contributed by atoms with Gasteiger partial charge in [0.2, 0.25) is 0 Å². The van der Waals surface area contributed by atoms with Crippen molar-refractivity contribution in [1.29, 1.82) is 5.41 Å². The van der Waals surface area contributed by atoms with Gasteiger partial charge in [-0.15, -0.1) is 0 Å². The average Bonchev–Trinajstić information content (AvgIpc) is 3.08. The summed E-state index contributed by atoms with van der Waals surface area (Å²) in [4.78, 5) is 9.06. The molecule has 2 N–H and O–H groups in total. The van der Waals surface area contributed by atoms with Gasteiger partial charge in [-0.2, -0.15) is 0 Å². The number of methoxy groups -OCH3 is 1. The van der Waals surface area contributed by atoms with Gasteiger partial charge in [-0.05, 0) is 86.1 Å². The van der Waals surface area contributed by atoms with Crippen LogP contribution in [0.3, 0.4) is 0 Å². The summed E-state index contributed by atoms with van der Waals surface area (Å²) < 4.78 is 11.4. The van der Waals surface area contributed by atoms with E-state index in [1.165, 1.54) is 17.5 Å². The highest BCUT2D eigenvalue weighted by Crippen LogP contribution is 2.26. The third-order valence-electron chi connectivity index (χ3n) is 7.70. The SMILES string of the molecule is C=CC1=C(/C=C\C)CN(CC(CNc2cc(/C(C)=C/C(=C(/C)C=C)N(C=N)C3CCOCC3)ccn2)OC)CC1.CC.CC. The predicted molar refractivity (Wildman–Crippen MR) is 190 cm³/mol. The van der Waals surface area contributed by atoms with Crippen LogP contribution in [0.1, 0.15) is 73.3 Å². The van der Waals surface area contributed by atoms with Crippen LogP contribution in [-0.4, -0.2) is 79.8 Å². The molecule has 1 atom stereocenters. The molecule has 0 aliphatic carbocycles. The maximum Gasteiger partial charge on any atom is 0.126 e. The minimum Gasteiger partial charge on any atom is -0.381 e. The molecule has 44 heavy (non-hydrogen) atoms. The van der Waals surface area contributed by atoms with Crippen LogP contribution in [0.25, 0.3) is 5.57 Å². The van der Waals surface area contributed by atoms with Gasteiger partial charge in [0.05, 0.1) is 12.4 Å². The Balaban J connectivity index is 0.00000232. The van der Waals surface area contributed by atoms with Crippen LogP contribution >= 0.6 is 0 Å². The molecule has 7 nitrogen and oxygen atoms in total. The van der Waals surface area contributed by atoms with Gasteiger partial charge in [-0.25, -0.2) is 4.98 Å². The Morgan fingerprint density at radius 1 is 1.20 bits per heavy atom. The third-order valence-corrected chi connectivity index (χ3v) is 7.70. The summed E-state index contributed by atoms with van der Waals surface area (Å²) in [7, 11) is 1.77.